The summed E-state index contributed by atoms with van der Waals surface area (Å²) in [6.45, 7) is -2.91. The molecule has 19 heavy (non-hydrogen) atoms. The predicted molar refractivity (Wildman–Crippen MR) is 71.6 cm³/mol. The molecule has 0 N–H and O–H groups in total. The van der Waals surface area contributed by atoms with Crippen molar-refractivity contribution in [1.29, 1.82) is 0 Å². The van der Waals surface area contributed by atoms with Crippen LogP contribution in [0.4, 0.5) is 8.78 Å². The van der Waals surface area contributed by atoms with Crippen molar-refractivity contribution in [3.8, 4) is 16.9 Å². The lowest BCUT2D eigenvalue weighted by molar-refractivity contribution is -0.0499. The standard InChI is InChI=1S/C14H9BrF2O2/c15-12-6-2-5-11(13(12)19-14(16)17)10-4-1-3-9(7-10)8-18/h1-8,14H. The first kappa shape index (κ1) is 13.7. The number of ether oxygens (including phenoxy) is 1. The molecule has 0 atom stereocenters. The van der Waals surface area contributed by atoms with Gasteiger partial charge in [-0.1, -0.05) is 30.3 Å². The maximum absolute atomic E-state index is 12.4. The second-order valence-electron chi connectivity index (χ2n) is 3.74. The minimum absolute atomic E-state index is 0.0561. The maximum atomic E-state index is 12.4. The number of benzene rings is 2. The van der Waals surface area contributed by atoms with Gasteiger partial charge in [-0.2, -0.15) is 8.78 Å². The Morgan fingerprint density at radius 3 is 2.58 bits per heavy atom. The van der Waals surface area contributed by atoms with Crippen molar-refractivity contribution in [2.45, 2.75) is 6.61 Å². The Morgan fingerprint density at radius 1 is 1.16 bits per heavy atom. The molecule has 0 saturated carbocycles. The Kier molecular flexibility index (Phi) is 4.27. The van der Waals surface area contributed by atoms with Crippen LogP contribution in [0.2, 0.25) is 0 Å². The van der Waals surface area contributed by atoms with Crippen LogP contribution in [0.5, 0.6) is 5.75 Å². The van der Waals surface area contributed by atoms with Gasteiger partial charge in [-0.3, -0.25) is 4.79 Å². The number of hydrogen-bond donors (Lipinski definition) is 0. The first-order valence-corrected chi connectivity index (χ1v) is 6.20. The van der Waals surface area contributed by atoms with E-state index >= 15 is 0 Å². The van der Waals surface area contributed by atoms with Crippen molar-refractivity contribution in [2.24, 2.45) is 0 Å². The van der Waals surface area contributed by atoms with Crippen molar-refractivity contribution in [3.63, 3.8) is 0 Å². The second-order valence-corrected chi connectivity index (χ2v) is 4.59. The normalized spacial score (nSPS) is 10.5. The van der Waals surface area contributed by atoms with Gasteiger partial charge in [-0.15, -0.1) is 0 Å². The van der Waals surface area contributed by atoms with Crippen molar-refractivity contribution in [2.75, 3.05) is 0 Å². The summed E-state index contributed by atoms with van der Waals surface area (Å²) in [4.78, 5) is 10.8. The Labute approximate surface area is 117 Å². The minimum Gasteiger partial charge on any atom is -0.433 e. The average Bonchev–Trinajstić information content (AvgIpc) is 2.40. The monoisotopic (exact) mass is 326 g/mol. The van der Waals surface area contributed by atoms with Crippen LogP contribution in [-0.4, -0.2) is 12.9 Å². The van der Waals surface area contributed by atoms with E-state index in [4.69, 9.17) is 0 Å². The van der Waals surface area contributed by atoms with E-state index in [9.17, 15) is 13.6 Å². The Hall–Kier alpha value is -1.75. The minimum atomic E-state index is -2.91. The summed E-state index contributed by atoms with van der Waals surface area (Å²) < 4.78 is 29.9. The first-order chi connectivity index (χ1) is 9.11. The van der Waals surface area contributed by atoms with Gasteiger partial charge in [0.1, 0.15) is 12.0 Å². The van der Waals surface area contributed by atoms with Crippen molar-refractivity contribution in [3.05, 3.63) is 52.5 Å². The zero-order chi connectivity index (χ0) is 13.8. The van der Waals surface area contributed by atoms with E-state index < -0.39 is 6.61 Å². The quantitative estimate of drug-likeness (QED) is 0.771. The van der Waals surface area contributed by atoms with Crippen molar-refractivity contribution < 1.29 is 18.3 Å². The summed E-state index contributed by atoms with van der Waals surface area (Å²) in [6, 6.07) is 11.7. The van der Waals surface area contributed by atoms with Crippen LogP contribution in [-0.2, 0) is 0 Å². The molecule has 2 aromatic rings. The molecule has 2 rings (SSSR count). The van der Waals surface area contributed by atoms with E-state index in [2.05, 4.69) is 20.7 Å². The van der Waals surface area contributed by atoms with Gasteiger partial charge >= 0.3 is 6.61 Å². The van der Waals surface area contributed by atoms with E-state index in [1.54, 1.807) is 42.5 Å². The van der Waals surface area contributed by atoms with Crippen LogP contribution in [0, 0.1) is 0 Å². The third-order valence-electron chi connectivity index (χ3n) is 2.51. The largest absolute Gasteiger partial charge is 0.433 e. The summed E-state index contributed by atoms with van der Waals surface area (Å²) in [7, 11) is 0. The van der Waals surface area contributed by atoms with Gasteiger partial charge in [-0.05, 0) is 33.6 Å². The lowest BCUT2D eigenvalue weighted by Gasteiger charge is -2.12. The molecule has 0 spiro atoms. The lowest BCUT2D eigenvalue weighted by atomic mass is 10.0. The molecule has 5 heteroatoms. The zero-order valence-corrected chi connectivity index (χ0v) is 11.2. The number of carbonyl (C=O) groups excluding carboxylic acids is 1. The Bertz CT molecular complexity index is 600. The predicted octanol–water partition coefficient (Wildman–Crippen LogP) is 4.53. The summed E-state index contributed by atoms with van der Waals surface area (Å²) in [6.07, 6.45) is 0.703. The molecule has 0 saturated heterocycles. The van der Waals surface area contributed by atoms with E-state index in [1.165, 1.54) is 0 Å². The van der Waals surface area contributed by atoms with Crippen molar-refractivity contribution >= 4 is 22.2 Å². The van der Waals surface area contributed by atoms with Gasteiger partial charge in [0.25, 0.3) is 0 Å². The number of carbonyl (C=O) groups is 1. The summed E-state index contributed by atoms with van der Waals surface area (Å²) >= 11 is 3.18. The van der Waals surface area contributed by atoms with Gasteiger partial charge < -0.3 is 4.74 Å². The molecule has 0 heterocycles. The molecule has 0 aliphatic rings. The Morgan fingerprint density at radius 2 is 1.89 bits per heavy atom. The SMILES string of the molecule is O=Cc1cccc(-c2cccc(Br)c2OC(F)F)c1. The topological polar surface area (TPSA) is 26.3 Å². The average molecular weight is 327 g/mol. The number of alkyl halides is 2. The number of halogens is 3. The molecular weight excluding hydrogens is 318 g/mol. The highest BCUT2D eigenvalue weighted by molar-refractivity contribution is 9.10. The Balaban J connectivity index is 2.54. The lowest BCUT2D eigenvalue weighted by Crippen LogP contribution is -2.04. The first-order valence-electron chi connectivity index (χ1n) is 5.41. The maximum Gasteiger partial charge on any atom is 0.387 e. The van der Waals surface area contributed by atoms with Crippen LogP contribution >= 0.6 is 15.9 Å². The van der Waals surface area contributed by atoms with E-state index in [-0.39, 0.29) is 5.75 Å². The number of rotatable bonds is 4. The number of para-hydroxylation sites is 1. The van der Waals surface area contributed by atoms with Gasteiger partial charge in [-0.25, -0.2) is 0 Å². The highest BCUT2D eigenvalue weighted by atomic mass is 79.9. The van der Waals surface area contributed by atoms with E-state index in [1.807, 2.05) is 0 Å². The van der Waals surface area contributed by atoms with Crippen LogP contribution in [0.15, 0.2) is 46.9 Å². The zero-order valence-electron chi connectivity index (χ0n) is 9.65. The van der Waals surface area contributed by atoms with Crippen LogP contribution in [0.1, 0.15) is 10.4 Å². The van der Waals surface area contributed by atoms with E-state index in [0.717, 1.165) is 0 Å². The van der Waals surface area contributed by atoms with Gasteiger partial charge in [0.05, 0.1) is 4.47 Å². The van der Waals surface area contributed by atoms with Gasteiger partial charge in [0, 0.05) is 11.1 Å². The second kappa shape index (κ2) is 5.93. The molecule has 98 valence electrons. The molecule has 0 fully saturated rings. The smallest absolute Gasteiger partial charge is 0.387 e. The highest BCUT2D eigenvalue weighted by Crippen LogP contribution is 2.37. The molecule has 0 radical (unpaired) electrons. The fourth-order valence-corrected chi connectivity index (χ4v) is 2.18. The summed E-state index contributed by atoms with van der Waals surface area (Å²) in [5, 5.41) is 0. The van der Waals surface area contributed by atoms with Gasteiger partial charge in [0.2, 0.25) is 0 Å². The highest BCUT2D eigenvalue weighted by Gasteiger charge is 2.14. The van der Waals surface area contributed by atoms with Gasteiger partial charge in [0.15, 0.2) is 0 Å². The summed E-state index contributed by atoms with van der Waals surface area (Å²) in [5.41, 5.74) is 1.61. The number of aldehydes is 1. The van der Waals surface area contributed by atoms with Crippen molar-refractivity contribution in [1.82, 2.24) is 0 Å². The molecule has 0 aliphatic carbocycles. The molecule has 0 amide bonds. The molecule has 2 aromatic carbocycles. The fraction of sp³-hybridized carbons (Fsp3) is 0.0714. The van der Waals surface area contributed by atoms with Crippen LogP contribution in [0.25, 0.3) is 11.1 Å². The molecule has 0 bridgehead atoms. The molecule has 0 aromatic heterocycles. The summed E-state index contributed by atoms with van der Waals surface area (Å²) in [5.74, 6) is 0.0561. The molecular formula is C14H9BrF2O2. The molecule has 0 unspecified atom stereocenters. The van der Waals surface area contributed by atoms with Crippen LogP contribution < -0.4 is 4.74 Å². The van der Waals surface area contributed by atoms with E-state index in [0.29, 0.717) is 27.4 Å². The van der Waals surface area contributed by atoms with Crippen LogP contribution in [0.3, 0.4) is 0 Å². The third kappa shape index (κ3) is 3.17. The number of hydrogen-bond acceptors (Lipinski definition) is 2. The molecule has 0 aliphatic heterocycles. The third-order valence-corrected chi connectivity index (χ3v) is 3.13. The molecule has 2 nitrogen and oxygen atoms in total. The fourth-order valence-electron chi connectivity index (χ4n) is 1.72.